The quantitative estimate of drug-likeness (QED) is 0.855. The molecule has 1 aromatic rings. The SMILES string of the molecule is Cc1cccc(CS(=O)(=O)C(C)CC(=O)O)n1. The number of sulfone groups is 1. The Morgan fingerprint density at radius 3 is 2.65 bits per heavy atom. The molecular weight excluding hydrogens is 242 g/mol. The Morgan fingerprint density at radius 1 is 1.47 bits per heavy atom. The molecule has 1 unspecified atom stereocenters. The molecule has 0 radical (unpaired) electrons. The first-order valence-corrected chi connectivity index (χ1v) is 6.88. The van der Waals surface area contributed by atoms with Crippen molar-refractivity contribution in [3.63, 3.8) is 0 Å². The van der Waals surface area contributed by atoms with Gasteiger partial charge < -0.3 is 5.11 Å². The summed E-state index contributed by atoms with van der Waals surface area (Å²) < 4.78 is 23.7. The molecule has 1 atom stereocenters. The van der Waals surface area contributed by atoms with Crippen molar-refractivity contribution in [2.45, 2.75) is 31.3 Å². The smallest absolute Gasteiger partial charge is 0.304 e. The van der Waals surface area contributed by atoms with Gasteiger partial charge in [-0.3, -0.25) is 9.78 Å². The minimum absolute atomic E-state index is 0.219. The van der Waals surface area contributed by atoms with Crippen LogP contribution >= 0.6 is 0 Å². The van der Waals surface area contributed by atoms with E-state index in [1.165, 1.54) is 6.92 Å². The lowest BCUT2D eigenvalue weighted by Gasteiger charge is -2.10. The number of aryl methyl sites for hydroxylation is 1. The number of carbonyl (C=O) groups is 1. The van der Waals surface area contributed by atoms with Gasteiger partial charge in [0.15, 0.2) is 9.84 Å². The van der Waals surface area contributed by atoms with Gasteiger partial charge in [-0.25, -0.2) is 8.42 Å². The van der Waals surface area contributed by atoms with Crippen LogP contribution in [-0.2, 0) is 20.4 Å². The Labute approximate surface area is 100 Å². The molecule has 1 aromatic heterocycles. The lowest BCUT2D eigenvalue weighted by Crippen LogP contribution is -2.23. The minimum atomic E-state index is -3.47. The zero-order valence-corrected chi connectivity index (χ0v) is 10.6. The van der Waals surface area contributed by atoms with Crippen LogP contribution < -0.4 is 0 Å². The summed E-state index contributed by atoms with van der Waals surface area (Å²) in [6.45, 7) is 3.18. The highest BCUT2D eigenvalue weighted by Crippen LogP contribution is 2.12. The number of aromatic nitrogens is 1. The van der Waals surface area contributed by atoms with Crippen LogP contribution in [-0.4, -0.2) is 29.7 Å². The van der Waals surface area contributed by atoms with Crippen molar-refractivity contribution < 1.29 is 18.3 Å². The molecule has 0 spiro atoms. The monoisotopic (exact) mass is 257 g/mol. The molecule has 17 heavy (non-hydrogen) atoms. The number of rotatable bonds is 5. The summed E-state index contributed by atoms with van der Waals surface area (Å²) in [7, 11) is -3.47. The van der Waals surface area contributed by atoms with Crippen molar-refractivity contribution in [1.82, 2.24) is 4.98 Å². The normalized spacial score (nSPS) is 13.3. The van der Waals surface area contributed by atoms with Crippen LogP contribution in [0.15, 0.2) is 18.2 Å². The molecule has 0 aliphatic rings. The van der Waals surface area contributed by atoms with Gasteiger partial charge in [0.2, 0.25) is 0 Å². The number of pyridine rings is 1. The average molecular weight is 257 g/mol. The van der Waals surface area contributed by atoms with E-state index in [4.69, 9.17) is 5.11 Å². The molecule has 0 fully saturated rings. The second-order valence-electron chi connectivity index (χ2n) is 3.99. The van der Waals surface area contributed by atoms with E-state index in [0.29, 0.717) is 5.69 Å². The highest BCUT2D eigenvalue weighted by molar-refractivity contribution is 7.91. The summed E-state index contributed by atoms with van der Waals surface area (Å²) in [5, 5.41) is 7.68. The molecule has 6 heteroatoms. The number of hydrogen-bond acceptors (Lipinski definition) is 4. The van der Waals surface area contributed by atoms with Crippen LogP contribution in [0.3, 0.4) is 0 Å². The first kappa shape index (κ1) is 13.6. The zero-order valence-electron chi connectivity index (χ0n) is 9.75. The Balaban J connectivity index is 2.83. The predicted molar refractivity (Wildman–Crippen MR) is 63.3 cm³/mol. The maximum atomic E-state index is 11.8. The van der Waals surface area contributed by atoms with E-state index < -0.39 is 21.1 Å². The molecule has 1 rings (SSSR count). The van der Waals surface area contributed by atoms with Crippen LogP contribution in [0.1, 0.15) is 24.7 Å². The largest absolute Gasteiger partial charge is 0.481 e. The summed E-state index contributed by atoms with van der Waals surface area (Å²) in [5.74, 6) is -1.33. The standard InChI is InChI=1S/C11H15NO4S/c1-8-4-3-5-10(12-8)7-17(15,16)9(2)6-11(13)14/h3-5,9H,6-7H2,1-2H3,(H,13,14). The summed E-state index contributed by atoms with van der Waals surface area (Å²) >= 11 is 0. The van der Waals surface area contributed by atoms with Gasteiger partial charge in [0, 0.05) is 5.69 Å². The fourth-order valence-electron chi connectivity index (χ4n) is 1.40. The summed E-state index contributed by atoms with van der Waals surface area (Å²) in [5.41, 5.74) is 1.19. The van der Waals surface area contributed by atoms with Crippen LogP contribution in [0, 0.1) is 6.92 Å². The third-order valence-corrected chi connectivity index (χ3v) is 4.46. The third-order valence-electron chi connectivity index (χ3n) is 2.37. The Kier molecular flexibility index (Phi) is 4.22. The van der Waals surface area contributed by atoms with E-state index in [0.717, 1.165) is 5.69 Å². The number of carboxylic acid groups (broad SMARTS) is 1. The van der Waals surface area contributed by atoms with Gasteiger partial charge in [-0.05, 0) is 26.0 Å². The molecule has 0 aromatic carbocycles. The number of hydrogen-bond donors (Lipinski definition) is 1. The average Bonchev–Trinajstić information content (AvgIpc) is 2.15. The number of carboxylic acids is 1. The minimum Gasteiger partial charge on any atom is -0.481 e. The van der Waals surface area contributed by atoms with E-state index in [2.05, 4.69) is 4.98 Å². The molecule has 0 amide bonds. The second kappa shape index (κ2) is 5.27. The molecule has 0 saturated heterocycles. The highest BCUT2D eigenvalue weighted by Gasteiger charge is 2.24. The van der Waals surface area contributed by atoms with Crippen molar-refractivity contribution in [3.05, 3.63) is 29.6 Å². The second-order valence-corrected chi connectivity index (χ2v) is 6.41. The molecular formula is C11H15NO4S. The Morgan fingerprint density at radius 2 is 2.12 bits per heavy atom. The molecule has 0 aliphatic carbocycles. The first-order valence-electron chi connectivity index (χ1n) is 5.17. The van der Waals surface area contributed by atoms with E-state index in [-0.39, 0.29) is 12.2 Å². The van der Waals surface area contributed by atoms with Crippen LogP contribution in [0.2, 0.25) is 0 Å². The van der Waals surface area contributed by atoms with Crippen molar-refractivity contribution in [3.8, 4) is 0 Å². The van der Waals surface area contributed by atoms with E-state index in [1.807, 2.05) is 0 Å². The first-order chi connectivity index (χ1) is 7.81. The van der Waals surface area contributed by atoms with E-state index in [1.54, 1.807) is 25.1 Å². The lowest BCUT2D eigenvalue weighted by atomic mass is 10.3. The van der Waals surface area contributed by atoms with E-state index >= 15 is 0 Å². The maximum Gasteiger partial charge on any atom is 0.304 e. The fraction of sp³-hybridized carbons (Fsp3) is 0.455. The van der Waals surface area contributed by atoms with Gasteiger partial charge >= 0.3 is 5.97 Å². The van der Waals surface area contributed by atoms with Crippen LogP contribution in [0.4, 0.5) is 0 Å². The van der Waals surface area contributed by atoms with Crippen molar-refractivity contribution >= 4 is 15.8 Å². The van der Waals surface area contributed by atoms with Crippen molar-refractivity contribution in [2.24, 2.45) is 0 Å². The number of aliphatic carboxylic acids is 1. The third kappa shape index (κ3) is 4.14. The Bertz CT molecular complexity index is 510. The van der Waals surface area contributed by atoms with Gasteiger partial charge in [0.25, 0.3) is 0 Å². The topological polar surface area (TPSA) is 84.3 Å². The summed E-state index contributed by atoms with van der Waals surface area (Å²) in [6, 6.07) is 5.13. The van der Waals surface area contributed by atoms with Crippen LogP contribution in [0.25, 0.3) is 0 Å². The maximum absolute atomic E-state index is 11.8. The van der Waals surface area contributed by atoms with Gasteiger partial charge in [-0.2, -0.15) is 0 Å². The van der Waals surface area contributed by atoms with Crippen molar-refractivity contribution in [2.75, 3.05) is 0 Å². The van der Waals surface area contributed by atoms with Gasteiger partial charge in [-0.1, -0.05) is 6.07 Å². The molecule has 0 saturated carbocycles. The van der Waals surface area contributed by atoms with Crippen molar-refractivity contribution in [1.29, 1.82) is 0 Å². The zero-order chi connectivity index (χ0) is 13.1. The molecule has 94 valence electrons. The van der Waals surface area contributed by atoms with E-state index in [9.17, 15) is 13.2 Å². The highest BCUT2D eigenvalue weighted by atomic mass is 32.2. The summed E-state index contributed by atoms with van der Waals surface area (Å²) in [4.78, 5) is 14.6. The molecule has 5 nitrogen and oxygen atoms in total. The molecule has 1 heterocycles. The Hall–Kier alpha value is -1.43. The van der Waals surface area contributed by atoms with Gasteiger partial charge in [-0.15, -0.1) is 0 Å². The predicted octanol–water partition coefficient (Wildman–Crippen LogP) is 1.17. The van der Waals surface area contributed by atoms with Gasteiger partial charge in [0.1, 0.15) is 0 Å². The van der Waals surface area contributed by atoms with Crippen LogP contribution in [0.5, 0.6) is 0 Å². The fourth-order valence-corrected chi connectivity index (χ4v) is 2.66. The number of nitrogens with zero attached hydrogens (tertiary/aromatic N) is 1. The molecule has 1 N–H and O–H groups in total. The van der Waals surface area contributed by atoms with Gasteiger partial charge in [0.05, 0.1) is 23.1 Å². The molecule has 0 aliphatic heterocycles. The lowest BCUT2D eigenvalue weighted by molar-refractivity contribution is -0.136. The summed E-state index contributed by atoms with van der Waals surface area (Å²) in [6.07, 6.45) is -0.381. The molecule has 0 bridgehead atoms.